The van der Waals surface area contributed by atoms with Crippen molar-refractivity contribution in [1.82, 2.24) is 4.98 Å². The molecule has 2 heterocycles. The van der Waals surface area contributed by atoms with E-state index in [1.807, 2.05) is 19.1 Å². The number of ketones is 1. The highest BCUT2D eigenvalue weighted by atomic mass is 35.5. The second-order valence-corrected chi connectivity index (χ2v) is 7.54. The molecule has 0 bridgehead atoms. The number of Topliss-reactive ketones (excluding diaryl/α,β-unsaturated/α-hetero) is 1. The molecule has 1 aliphatic heterocycles. The van der Waals surface area contributed by atoms with E-state index in [9.17, 15) is 14.7 Å². The first-order valence-electron chi connectivity index (χ1n) is 9.54. The fourth-order valence-corrected chi connectivity index (χ4v) is 3.89. The first-order chi connectivity index (χ1) is 14.9. The van der Waals surface area contributed by atoms with Crippen LogP contribution in [0.1, 0.15) is 22.7 Å². The number of aliphatic hydroxyl groups excluding tert-OH is 1. The van der Waals surface area contributed by atoms with Gasteiger partial charge in [0.05, 0.1) is 23.7 Å². The lowest BCUT2D eigenvalue weighted by molar-refractivity contribution is -0.132. The van der Waals surface area contributed by atoms with E-state index in [4.69, 9.17) is 16.3 Å². The molecule has 2 aromatic carbocycles. The standard InChI is InChI=1S/C24H19ClN2O4/c1-14-3-6-17(7-4-14)27-21(15-9-11-26-12-10-15)20(23(29)24(27)30)22(28)16-5-8-19(31-2)18(25)13-16/h3-13,21,28H,1-2H3/b22-20-. The van der Waals surface area contributed by atoms with Crippen molar-refractivity contribution < 1.29 is 19.4 Å². The molecule has 0 saturated carbocycles. The van der Waals surface area contributed by atoms with Crippen molar-refractivity contribution in [2.24, 2.45) is 0 Å². The zero-order valence-electron chi connectivity index (χ0n) is 16.9. The van der Waals surface area contributed by atoms with Gasteiger partial charge in [-0.1, -0.05) is 29.3 Å². The topological polar surface area (TPSA) is 79.7 Å². The molecular weight excluding hydrogens is 416 g/mol. The molecule has 6 nitrogen and oxygen atoms in total. The van der Waals surface area contributed by atoms with Gasteiger partial charge in [-0.15, -0.1) is 0 Å². The molecule has 0 spiro atoms. The van der Waals surface area contributed by atoms with E-state index < -0.39 is 17.7 Å². The summed E-state index contributed by atoms with van der Waals surface area (Å²) in [7, 11) is 1.48. The van der Waals surface area contributed by atoms with Crippen LogP contribution in [-0.2, 0) is 9.59 Å². The molecule has 1 fully saturated rings. The quantitative estimate of drug-likeness (QED) is 0.366. The van der Waals surface area contributed by atoms with E-state index in [2.05, 4.69) is 4.98 Å². The Labute approximate surface area is 184 Å². The maximum Gasteiger partial charge on any atom is 0.300 e. The fourth-order valence-electron chi connectivity index (χ4n) is 3.63. The molecule has 1 aliphatic rings. The van der Waals surface area contributed by atoms with Crippen molar-refractivity contribution in [3.63, 3.8) is 0 Å². The smallest absolute Gasteiger partial charge is 0.300 e. The third kappa shape index (κ3) is 3.66. The Hall–Kier alpha value is -3.64. The number of anilines is 1. The Balaban J connectivity index is 1.92. The number of pyridine rings is 1. The Morgan fingerprint density at radius 2 is 1.74 bits per heavy atom. The first kappa shape index (κ1) is 20.6. The maximum absolute atomic E-state index is 13.1. The number of hydrogen-bond acceptors (Lipinski definition) is 5. The summed E-state index contributed by atoms with van der Waals surface area (Å²) in [4.78, 5) is 31.6. The van der Waals surface area contributed by atoms with Crippen LogP contribution in [0.5, 0.6) is 5.75 Å². The van der Waals surface area contributed by atoms with Gasteiger partial charge in [0.25, 0.3) is 11.7 Å². The summed E-state index contributed by atoms with van der Waals surface area (Å²) in [6.07, 6.45) is 3.16. The average Bonchev–Trinajstić information content (AvgIpc) is 3.05. The SMILES string of the molecule is COc1ccc(/C(O)=C2/C(=O)C(=O)N(c3ccc(C)cc3)C2c2ccncc2)cc1Cl. The monoisotopic (exact) mass is 434 g/mol. The van der Waals surface area contributed by atoms with Crippen molar-refractivity contribution in [3.05, 3.63) is 94.3 Å². The summed E-state index contributed by atoms with van der Waals surface area (Å²) in [5.74, 6) is -1.36. The van der Waals surface area contributed by atoms with Crippen LogP contribution in [-0.4, -0.2) is 28.9 Å². The highest BCUT2D eigenvalue weighted by molar-refractivity contribution is 6.51. The van der Waals surface area contributed by atoms with Gasteiger partial charge >= 0.3 is 0 Å². The summed E-state index contributed by atoms with van der Waals surface area (Å²) in [5, 5.41) is 11.4. The molecule has 0 radical (unpaired) electrons. The minimum absolute atomic E-state index is 0.0157. The Kier molecular flexibility index (Phi) is 5.48. The third-order valence-electron chi connectivity index (χ3n) is 5.20. The largest absolute Gasteiger partial charge is 0.507 e. The molecule has 1 unspecified atom stereocenters. The maximum atomic E-state index is 13.1. The molecule has 7 heteroatoms. The molecule has 1 N–H and O–H groups in total. The first-order valence-corrected chi connectivity index (χ1v) is 9.91. The molecular formula is C24H19ClN2O4. The van der Waals surface area contributed by atoms with Gasteiger partial charge in [-0.3, -0.25) is 19.5 Å². The molecule has 1 saturated heterocycles. The summed E-state index contributed by atoms with van der Waals surface area (Å²) in [6.45, 7) is 1.94. The van der Waals surface area contributed by atoms with Gasteiger partial charge < -0.3 is 9.84 Å². The predicted molar refractivity (Wildman–Crippen MR) is 118 cm³/mol. The highest BCUT2D eigenvalue weighted by Crippen LogP contribution is 2.42. The normalized spacial score (nSPS) is 17.8. The summed E-state index contributed by atoms with van der Waals surface area (Å²) >= 11 is 6.21. The fraction of sp³-hybridized carbons (Fsp3) is 0.125. The molecule has 31 heavy (non-hydrogen) atoms. The van der Waals surface area contributed by atoms with Crippen LogP contribution in [0.3, 0.4) is 0 Å². The van der Waals surface area contributed by atoms with Crippen LogP contribution in [0.25, 0.3) is 5.76 Å². The van der Waals surface area contributed by atoms with E-state index in [1.54, 1.807) is 48.8 Å². The van der Waals surface area contributed by atoms with Gasteiger partial charge in [0.1, 0.15) is 11.5 Å². The lowest BCUT2D eigenvalue weighted by atomic mass is 9.95. The van der Waals surface area contributed by atoms with Gasteiger partial charge in [0.15, 0.2) is 0 Å². The number of aryl methyl sites for hydroxylation is 1. The number of aliphatic hydroxyl groups is 1. The van der Waals surface area contributed by atoms with E-state index in [0.29, 0.717) is 22.6 Å². The number of nitrogens with zero attached hydrogens (tertiary/aromatic N) is 2. The van der Waals surface area contributed by atoms with Crippen LogP contribution in [0.15, 0.2) is 72.6 Å². The Morgan fingerprint density at radius 3 is 2.35 bits per heavy atom. The van der Waals surface area contributed by atoms with Gasteiger partial charge in [0, 0.05) is 23.6 Å². The van der Waals surface area contributed by atoms with Gasteiger partial charge in [-0.25, -0.2) is 0 Å². The van der Waals surface area contributed by atoms with Gasteiger partial charge in [-0.05, 0) is 55.0 Å². The highest BCUT2D eigenvalue weighted by Gasteiger charge is 2.46. The number of carbonyl (C=O) groups excluding carboxylic acids is 2. The van der Waals surface area contributed by atoms with Crippen molar-refractivity contribution in [1.29, 1.82) is 0 Å². The minimum atomic E-state index is -0.813. The molecule has 1 amide bonds. The number of benzene rings is 2. The number of aromatic nitrogens is 1. The number of hydrogen-bond donors (Lipinski definition) is 1. The summed E-state index contributed by atoms with van der Waals surface area (Å²) < 4.78 is 5.15. The van der Waals surface area contributed by atoms with Crippen LogP contribution in [0, 0.1) is 6.92 Å². The zero-order valence-corrected chi connectivity index (χ0v) is 17.6. The lowest BCUT2D eigenvalue weighted by Crippen LogP contribution is -2.29. The third-order valence-corrected chi connectivity index (χ3v) is 5.50. The van der Waals surface area contributed by atoms with E-state index in [-0.39, 0.29) is 16.4 Å². The van der Waals surface area contributed by atoms with Crippen molar-refractivity contribution in [2.45, 2.75) is 13.0 Å². The average molecular weight is 435 g/mol. The summed E-state index contributed by atoms with van der Waals surface area (Å²) in [6, 6.07) is 14.6. The van der Waals surface area contributed by atoms with Crippen molar-refractivity contribution in [3.8, 4) is 5.75 Å². The van der Waals surface area contributed by atoms with E-state index in [0.717, 1.165) is 5.56 Å². The minimum Gasteiger partial charge on any atom is -0.507 e. The predicted octanol–water partition coefficient (Wildman–Crippen LogP) is 4.68. The molecule has 1 atom stereocenters. The Bertz CT molecular complexity index is 1190. The number of amides is 1. The second-order valence-electron chi connectivity index (χ2n) is 7.13. The van der Waals surface area contributed by atoms with Crippen LogP contribution in [0.4, 0.5) is 5.69 Å². The molecule has 3 aromatic rings. The molecule has 0 aliphatic carbocycles. The molecule has 1 aromatic heterocycles. The lowest BCUT2D eigenvalue weighted by Gasteiger charge is -2.25. The number of methoxy groups -OCH3 is 1. The van der Waals surface area contributed by atoms with Crippen LogP contribution >= 0.6 is 11.6 Å². The number of halogens is 1. The van der Waals surface area contributed by atoms with E-state index >= 15 is 0 Å². The molecule has 156 valence electrons. The van der Waals surface area contributed by atoms with Gasteiger partial charge in [0.2, 0.25) is 0 Å². The van der Waals surface area contributed by atoms with Crippen molar-refractivity contribution >= 4 is 34.7 Å². The van der Waals surface area contributed by atoms with E-state index in [1.165, 1.54) is 18.1 Å². The summed E-state index contributed by atoms with van der Waals surface area (Å²) in [5.41, 5.74) is 2.52. The van der Waals surface area contributed by atoms with Crippen LogP contribution in [0.2, 0.25) is 5.02 Å². The number of rotatable bonds is 4. The second kappa shape index (κ2) is 8.24. The number of ether oxygens (including phenoxy) is 1. The number of carbonyl (C=O) groups is 2. The zero-order chi connectivity index (χ0) is 22.1. The Morgan fingerprint density at radius 1 is 1.06 bits per heavy atom. The van der Waals surface area contributed by atoms with Gasteiger partial charge in [-0.2, -0.15) is 0 Å². The van der Waals surface area contributed by atoms with Crippen LogP contribution < -0.4 is 9.64 Å². The van der Waals surface area contributed by atoms with Crippen molar-refractivity contribution in [2.75, 3.05) is 12.0 Å². The molecule has 4 rings (SSSR count).